The summed E-state index contributed by atoms with van der Waals surface area (Å²) in [7, 11) is 0. The molecule has 0 saturated carbocycles. The molecule has 0 saturated heterocycles. The summed E-state index contributed by atoms with van der Waals surface area (Å²) < 4.78 is 0. The lowest BCUT2D eigenvalue weighted by atomic mass is 9.84. The number of amides is 2. The minimum Gasteiger partial charge on any atom is -0.478 e. The third-order valence-electron chi connectivity index (χ3n) is 4.91. The van der Waals surface area contributed by atoms with Crippen LogP contribution in [-0.2, 0) is 14.4 Å². The molecule has 2 atom stereocenters. The second-order valence-electron chi connectivity index (χ2n) is 8.57. The molecule has 0 heterocycles. The van der Waals surface area contributed by atoms with Crippen molar-refractivity contribution in [2.45, 2.75) is 85.9 Å². The van der Waals surface area contributed by atoms with Crippen molar-refractivity contribution < 1.29 is 19.5 Å². The van der Waals surface area contributed by atoms with E-state index in [0.29, 0.717) is 12.8 Å². The van der Waals surface area contributed by atoms with Crippen LogP contribution in [0.1, 0.15) is 68.2 Å². The van der Waals surface area contributed by atoms with Crippen LogP contribution in [0.15, 0.2) is 11.6 Å². The van der Waals surface area contributed by atoms with Gasteiger partial charge in [0.05, 0.1) is 11.6 Å². The molecule has 7 heteroatoms. The first-order chi connectivity index (χ1) is 12.2. The van der Waals surface area contributed by atoms with Gasteiger partial charge in [-0.3, -0.25) is 9.59 Å². The second kappa shape index (κ2) is 9.88. The normalized spacial score (nSPS) is 15.3. The molecule has 0 radical (unpaired) electrons. The minimum atomic E-state index is -1.03. The Morgan fingerprint density at radius 2 is 1.56 bits per heavy atom. The Labute approximate surface area is 163 Å². The Kier molecular flexibility index (Phi) is 9.18. The van der Waals surface area contributed by atoms with Crippen LogP contribution in [0.5, 0.6) is 0 Å². The molecule has 0 rings (SSSR count). The van der Waals surface area contributed by atoms with Crippen LogP contribution in [-0.4, -0.2) is 40.5 Å². The molecule has 27 heavy (non-hydrogen) atoms. The number of aliphatic carboxylic acids is 1. The maximum atomic E-state index is 13.0. The fraction of sp³-hybridized carbons (Fsp3) is 0.750. The monoisotopic (exact) mass is 383 g/mol. The Hall–Kier alpha value is -1.89. The van der Waals surface area contributed by atoms with Gasteiger partial charge in [-0.2, -0.15) is 0 Å². The minimum absolute atomic E-state index is 0.0144. The van der Waals surface area contributed by atoms with Crippen molar-refractivity contribution in [3.63, 3.8) is 0 Å². The van der Waals surface area contributed by atoms with Crippen LogP contribution in [0, 0.1) is 11.3 Å². The zero-order chi connectivity index (χ0) is 21.6. The smallest absolute Gasteiger partial charge is 0.331 e. The molecule has 5 N–H and O–H groups in total. The molecule has 0 aromatic heterocycles. The molecule has 0 aliphatic rings. The summed E-state index contributed by atoms with van der Waals surface area (Å²) >= 11 is 0. The summed E-state index contributed by atoms with van der Waals surface area (Å²) in [5, 5.41) is 14.8. The van der Waals surface area contributed by atoms with Crippen LogP contribution >= 0.6 is 0 Å². The van der Waals surface area contributed by atoms with E-state index in [4.69, 9.17) is 10.8 Å². The average molecular weight is 384 g/mol. The molecule has 2 amide bonds. The topological polar surface area (TPSA) is 122 Å². The van der Waals surface area contributed by atoms with E-state index in [2.05, 4.69) is 10.6 Å². The van der Waals surface area contributed by atoms with Crippen molar-refractivity contribution >= 4 is 17.8 Å². The highest BCUT2D eigenvalue weighted by atomic mass is 16.4. The van der Waals surface area contributed by atoms with Crippen LogP contribution in [0.3, 0.4) is 0 Å². The average Bonchev–Trinajstić information content (AvgIpc) is 2.56. The predicted octanol–water partition coefficient (Wildman–Crippen LogP) is 2.21. The van der Waals surface area contributed by atoms with Crippen molar-refractivity contribution in [3.8, 4) is 0 Å². The highest BCUT2D eigenvalue weighted by Gasteiger charge is 2.38. The number of rotatable bonds is 9. The fourth-order valence-corrected chi connectivity index (χ4v) is 2.51. The van der Waals surface area contributed by atoms with Gasteiger partial charge in [-0.15, -0.1) is 0 Å². The van der Waals surface area contributed by atoms with Crippen LogP contribution in [0.25, 0.3) is 0 Å². The molecule has 7 nitrogen and oxygen atoms in total. The maximum Gasteiger partial charge on any atom is 0.331 e. The Balaban J connectivity index is 5.59. The fourth-order valence-electron chi connectivity index (χ4n) is 2.51. The molecule has 0 aromatic carbocycles. The molecule has 156 valence electrons. The number of nitrogens with one attached hydrogen (secondary N) is 2. The van der Waals surface area contributed by atoms with Crippen molar-refractivity contribution in [1.82, 2.24) is 10.6 Å². The van der Waals surface area contributed by atoms with E-state index in [9.17, 15) is 14.4 Å². The second-order valence-corrected chi connectivity index (χ2v) is 8.57. The van der Waals surface area contributed by atoms with E-state index >= 15 is 0 Å². The van der Waals surface area contributed by atoms with Crippen molar-refractivity contribution in [2.24, 2.45) is 17.1 Å². The molecule has 0 fully saturated rings. The third kappa shape index (κ3) is 7.33. The highest BCUT2D eigenvalue weighted by Crippen LogP contribution is 2.22. The predicted molar refractivity (Wildman–Crippen MR) is 107 cm³/mol. The Morgan fingerprint density at radius 3 is 1.89 bits per heavy atom. The summed E-state index contributed by atoms with van der Waals surface area (Å²) in [5.41, 5.74) is 4.74. The molecule has 1 unspecified atom stereocenters. The number of carbonyl (C=O) groups is 3. The van der Waals surface area contributed by atoms with Crippen molar-refractivity contribution in [2.75, 3.05) is 0 Å². The van der Waals surface area contributed by atoms with E-state index in [-0.39, 0.29) is 23.3 Å². The summed E-state index contributed by atoms with van der Waals surface area (Å²) in [4.78, 5) is 36.7. The van der Waals surface area contributed by atoms with Crippen molar-refractivity contribution in [1.29, 1.82) is 0 Å². The lowest BCUT2D eigenvalue weighted by Crippen LogP contribution is -2.62. The molecular weight excluding hydrogens is 346 g/mol. The summed E-state index contributed by atoms with van der Waals surface area (Å²) in [6.45, 7) is 14.5. The number of hydrogen-bond acceptors (Lipinski definition) is 4. The van der Waals surface area contributed by atoms with Gasteiger partial charge >= 0.3 is 5.97 Å². The summed E-state index contributed by atoms with van der Waals surface area (Å²) in [6, 6.07) is -1.26. The van der Waals surface area contributed by atoms with Gasteiger partial charge in [0.1, 0.15) is 6.04 Å². The van der Waals surface area contributed by atoms with E-state index in [0.717, 1.165) is 0 Å². The van der Waals surface area contributed by atoms with Gasteiger partial charge in [-0.25, -0.2) is 4.79 Å². The number of hydrogen-bond donors (Lipinski definition) is 4. The largest absolute Gasteiger partial charge is 0.478 e. The molecule has 0 aliphatic heterocycles. The number of nitrogens with two attached hydrogens (primary N) is 1. The van der Waals surface area contributed by atoms with Gasteiger partial charge in [0.25, 0.3) is 0 Å². The van der Waals surface area contributed by atoms with Crippen LogP contribution in [0.2, 0.25) is 0 Å². The third-order valence-corrected chi connectivity index (χ3v) is 4.91. The molecule has 0 aliphatic carbocycles. The zero-order valence-electron chi connectivity index (χ0n) is 18.0. The van der Waals surface area contributed by atoms with Crippen molar-refractivity contribution in [3.05, 3.63) is 11.6 Å². The van der Waals surface area contributed by atoms with E-state index in [1.807, 2.05) is 48.5 Å². The maximum absolute atomic E-state index is 13.0. The van der Waals surface area contributed by atoms with Gasteiger partial charge in [0.15, 0.2) is 0 Å². The van der Waals surface area contributed by atoms with E-state index in [1.54, 1.807) is 0 Å². The standard InChI is InChI=1S/C20H37N3O4/c1-9-20(21,10-2)18(27)23-15(19(6,7)8)16(24)22-14(12(3)4)11-13(5)17(25)26/h11-12,14-15H,9-10,21H2,1-8H3,(H,22,24)(H,23,27)(H,25,26)/b13-11+/t14-,15?/m1/s1. The van der Waals surface area contributed by atoms with E-state index in [1.165, 1.54) is 13.0 Å². The molecule has 0 aromatic rings. The molecular formula is C20H37N3O4. The first kappa shape index (κ1) is 25.1. The number of carbonyl (C=O) groups excluding carboxylic acids is 2. The quantitative estimate of drug-likeness (QED) is 0.455. The SMILES string of the molecule is CCC(N)(CC)C(=O)NC(C(=O)N[C@H](/C=C(\C)C(=O)O)C(C)C)C(C)(C)C. The van der Waals surface area contributed by atoms with Crippen LogP contribution in [0.4, 0.5) is 0 Å². The summed E-state index contributed by atoms with van der Waals surface area (Å²) in [5.74, 6) is -1.77. The van der Waals surface area contributed by atoms with Gasteiger partial charge < -0.3 is 21.5 Å². The summed E-state index contributed by atoms with van der Waals surface area (Å²) in [6.07, 6.45) is 2.45. The highest BCUT2D eigenvalue weighted by molar-refractivity contribution is 5.92. The van der Waals surface area contributed by atoms with Gasteiger partial charge in [0.2, 0.25) is 11.8 Å². The lowest BCUT2D eigenvalue weighted by Gasteiger charge is -2.35. The molecule has 0 bridgehead atoms. The van der Waals surface area contributed by atoms with Gasteiger partial charge in [-0.1, -0.05) is 54.5 Å². The first-order valence-electron chi connectivity index (χ1n) is 9.51. The Bertz CT molecular complexity index is 572. The van der Waals surface area contributed by atoms with Crippen LogP contribution < -0.4 is 16.4 Å². The number of carboxylic acid groups (broad SMARTS) is 1. The first-order valence-corrected chi connectivity index (χ1v) is 9.51. The lowest BCUT2D eigenvalue weighted by molar-refractivity contribution is -0.134. The van der Waals surface area contributed by atoms with E-state index < -0.39 is 29.0 Å². The Morgan fingerprint density at radius 1 is 1.07 bits per heavy atom. The zero-order valence-corrected chi connectivity index (χ0v) is 18.0. The van der Waals surface area contributed by atoms with Gasteiger partial charge in [0, 0.05) is 5.57 Å². The van der Waals surface area contributed by atoms with Gasteiger partial charge in [-0.05, 0) is 31.1 Å². The number of carboxylic acids is 1. The molecule has 0 spiro atoms.